The lowest BCUT2D eigenvalue weighted by atomic mass is 10.1. The van der Waals surface area contributed by atoms with Gasteiger partial charge in [0.25, 0.3) is 0 Å². The molecule has 1 aromatic carbocycles. The highest BCUT2D eigenvalue weighted by atomic mass is 16.3. The van der Waals surface area contributed by atoms with Crippen LogP contribution in [-0.2, 0) is 0 Å². The molecule has 1 N–H and O–H groups in total. The first-order chi connectivity index (χ1) is 8.24. The Labute approximate surface area is 98.4 Å². The van der Waals surface area contributed by atoms with Crippen LogP contribution in [0.4, 0.5) is 0 Å². The van der Waals surface area contributed by atoms with Crippen LogP contribution in [0.5, 0.6) is 0 Å². The average Bonchev–Trinajstić information content (AvgIpc) is 2.35. The fraction of sp³-hybridized carbons (Fsp3) is 0.250. The standard InChI is InChI=1S/C12H12N4O/c1-8-2-3-9-6-10(4-5-11(9)14-8)12(7-17)15-16-13/h2-6,12,17H,7H2,1H3. The molecule has 0 amide bonds. The van der Waals surface area contributed by atoms with Gasteiger partial charge in [-0.1, -0.05) is 17.2 Å². The molecule has 0 bridgehead atoms. The number of benzene rings is 1. The summed E-state index contributed by atoms with van der Waals surface area (Å²) >= 11 is 0. The Morgan fingerprint density at radius 3 is 2.94 bits per heavy atom. The normalized spacial score (nSPS) is 12.1. The second-order valence-corrected chi connectivity index (χ2v) is 3.81. The molecule has 86 valence electrons. The minimum atomic E-state index is -0.536. The van der Waals surface area contributed by atoms with Crippen molar-refractivity contribution < 1.29 is 5.11 Å². The van der Waals surface area contributed by atoms with E-state index in [1.54, 1.807) is 0 Å². The Hall–Kier alpha value is -2.10. The predicted molar refractivity (Wildman–Crippen MR) is 65.5 cm³/mol. The summed E-state index contributed by atoms with van der Waals surface area (Å²) in [5.74, 6) is 0. The van der Waals surface area contributed by atoms with E-state index < -0.39 is 6.04 Å². The number of aromatic nitrogens is 1. The van der Waals surface area contributed by atoms with Crippen molar-refractivity contribution in [2.24, 2.45) is 5.11 Å². The van der Waals surface area contributed by atoms with Crippen LogP contribution in [0.3, 0.4) is 0 Å². The van der Waals surface area contributed by atoms with Crippen molar-refractivity contribution in [3.8, 4) is 0 Å². The molecular formula is C12H12N4O. The third-order valence-electron chi connectivity index (χ3n) is 2.60. The lowest BCUT2D eigenvalue weighted by Crippen LogP contribution is -2.00. The van der Waals surface area contributed by atoms with E-state index in [1.807, 2.05) is 37.3 Å². The molecule has 0 spiro atoms. The van der Waals surface area contributed by atoms with Gasteiger partial charge in [-0.15, -0.1) is 0 Å². The number of fused-ring (bicyclic) bond motifs is 1. The van der Waals surface area contributed by atoms with E-state index in [0.717, 1.165) is 22.2 Å². The zero-order valence-electron chi connectivity index (χ0n) is 9.41. The zero-order valence-corrected chi connectivity index (χ0v) is 9.41. The number of aliphatic hydroxyl groups excluding tert-OH is 1. The molecule has 0 saturated heterocycles. The van der Waals surface area contributed by atoms with Crippen LogP contribution in [0, 0.1) is 6.92 Å². The Bertz CT molecular complexity index is 590. The van der Waals surface area contributed by atoms with Gasteiger partial charge in [0.1, 0.15) is 0 Å². The molecule has 0 aliphatic heterocycles. The average molecular weight is 228 g/mol. The Balaban J connectivity index is 2.50. The number of rotatable bonds is 3. The maximum absolute atomic E-state index is 9.15. The van der Waals surface area contributed by atoms with Crippen LogP contribution in [-0.4, -0.2) is 16.7 Å². The fourth-order valence-corrected chi connectivity index (χ4v) is 1.72. The number of azide groups is 1. The molecule has 0 fully saturated rings. The third-order valence-corrected chi connectivity index (χ3v) is 2.60. The van der Waals surface area contributed by atoms with Gasteiger partial charge in [-0.2, -0.15) is 0 Å². The summed E-state index contributed by atoms with van der Waals surface area (Å²) in [6.45, 7) is 1.73. The number of aliphatic hydroxyl groups is 1. The van der Waals surface area contributed by atoms with Gasteiger partial charge in [0.05, 0.1) is 18.2 Å². The van der Waals surface area contributed by atoms with Crippen molar-refractivity contribution >= 4 is 10.9 Å². The highest BCUT2D eigenvalue weighted by Crippen LogP contribution is 2.22. The summed E-state index contributed by atoms with van der Waals surface area (Å²) in [6, 6.07) is 8.93. The molecule has 1 heterocycles. The smallest absolute Gasteiger partial charge is 0.0856 e. The topological polar surface area (TPSA) is 81.9 Å². The number of hydrogen-bond donors (Lipinski definition) is 1. The zero-order chi connectivity index (χ0) is 12.3. The molecular weight excluding hydrogens is 216 g/mol. The summed E-state index contributed by atoms with van der Waals surface area (Å²) < 4.78 is 0. The number of nitrogens with zero attached hydrogens (tertiary/aromatic N) is 4. The van der Waals surface area contributed by atoms with E-state index in [0.29, 0.717) is 0 Å². The van der Waals surface area contributed by atoms with Gasteiger partial charge in [0, 0.05) is 16.0 Å². The first kappa shape index (κ1) is 11.4. The largest absolute Gasteiger partial charge is 0.396 e. The molecule has 2 aromatic rings. The van der Waals surface area contributed by atoms with Crippen LogP contribution >= 0.6 is 0 Å². The van der Waals surface area contributed by atoms with E-state index in [2.05, 4.69) is 15.0 Å². The lowest BCUT2D eigenvalue weighted by Gasteiger charge is -2.09. The summed E-state index contributed by atoms with van der Waals surface area (Å²) in [6.07, 6.45) is 0. The molecule has 0 saturated carbocycles. The van der Waals surface area contributed by atoms with E-state index in [4.69, 9.17) is 10.6 Å². The highest BCUT2D eigenvalue weighted by Gasteiger charge is 2.08. The Kier molecular flexibility index (Phi) is 3.23. The minimum Gasteiger partial charge on any atom is -0.396 e. The molecule has 1 aromatic heterocycles. The van der Waals surface area contributed by atoms with Crippen molar-refractivity contribution in [3.63, 3.8) is 0 Å². The van der Waals surface area contributed by atoms with Crippen molar-refractivity contribution in [1.82, 2.24) is 4.98 Å². The fourth-order valence-electron chi connectivity index (χ4n) is 1.72. The molecule has 0 radical (unpaired) electrons. The first-order valence-corrected chi connectivity index (χ1v) is 5.27. The summed E-state index contributed by atoms with van der Waals surface area (Å²) in [7, 11) is 0. The number of pyridine rings is 1. The molecule has 0 aliphatic carbocycles. The highest BCUT2D eigenvalue weighted by molar-refractivity contribution is 5.79. The van der Waals surface area contributed by atoms with E-state index in [1.165, 1.54) is 0 Å². The van der Waals surface area contributed by atoms with Crippen molar-refractivity contribution in [3.05, 3.63) is 52.0 Å². The van der Waals surface area contributed by atoms with Crippen LogP contribution in [0.1, 0.15) is 17.3 Å². The van der Waals surface area contributed by atoms with Crippen LogP contribution in [0.15, 0.2) is 35.4 Å². The Morgan fingerprint density at radius 2 is 2.24 bits per heavy atom. The van der Waals surface area contributed by atoms with E-state index in [-0.39, 0.29) is 6.61 Å². The predicted octanol–water partition coefficient (Wildman–Crippen LogP) is 2.89. The summed E-state index contributed by atoms with van der Waals surface area (Å²) in [4.78, 5) is 7.11. The van der Waals surface area contributed by atoms with Gasteiger partial charge in [-0.05, 0) is 36.2 Å². The second-order valence-electron chi connectivity index (χ2n) is 3.81. The maximum Gasteiger partial charge on any atom is 0.0856 e. The lowest BCUT2D eigenvalue weighted by molar-refractivity contribution is 0.268. The molecule has 0 aliphatic rings. The molecule has 1 atom stereocenters. The maximum atomic E-state index is 9.15. The van der Waals surface area contributed by atoms with Crippen LogP contribution in [0.2, 0.25) is 0 Å². The van der Waals surface area contributed by atoms with E-state index in [9.17, 15) is 0 Å². The van der Waals surface area contributed by atoms with Gasteiger partial charge in [0.2, 0.25) is 0 Å². The van der Waals surface area contributed by atoms with Gasteiger partial charge in [0.15, 0.2) is 0 Å². The van der Waals surface area contributed by atoms with Crippen molar-refractivity contribution in [2.75, 3.05) is 6.61 Å². The van der Waals surface area contributed by atoms with Crippen molar-refractivity contribution in [1.29, 1.82) is 0 Å². The summed E-state index contributed by atoms with van der Waals surface area (Å²) in [5, 5.41) is 13.7. The summed E-state index contributed by atoms with van der Waals surface area (Å²) in [5.41, 5.74) is 11.1. The molecule has 2 rings (SSSR count). The Morgan fingerprint density at radius 1 is 1.41 bits per heavy atom. The molecule has 17 heavy (non-hydrogen) atoms. The second kappa shape index (κ2) is 4.82. The van der Waals surface area contributed by atoms with Gasteiger partial charge in [-0.25, -0.2) is 0 Å². The SMILES string of the molecule is Cc1ccc2cc(C(CO)N=[N+]=[N-])ccc2n1. The molecule has 1 unspecified atom stereocenters. The number of aryl methyl sites for hydroxylation is 1. The quantitative estimate of drug-likeness (QED) is 0.497. The number of hydrogen-bond acceptors (Lipinski definition) is 3. The minimum absolute atomic E-state index is 0.200. The molecule has 5 nitrogen and oxygen atoms in total. The van der Waals surface area contributed by atoms with Gasteiger partial charge < -0.3 is 5.11 Å². The van der Waals surface area contributed by atoms with Crippen LogP contribution < -0.4 is 0 Å². The monoisotopic (exact) mass is 228 g/mol. The van der Waals surface area contributed by atoms with E-state index >= 15 is 0 Å². The molecule has 5 heteroatoms. The van der Waals surface area contributed by atoms with Gasteiger partial charge in [-0.3, -0.25) is 4.98 Å². The van der Waals surface area contributed by atoms with Crippen LogP contribution in [0.25, 0.3) is 21.3 Å². The van der Waals surface area contributed by atoms with Gasteiger partial charge >= 0.3 is 0 Å². The third kappa shape index (κ3) is 2.36. The first-order valence-electron chi connectivity index (χ1n) is 5.27. The van der Waals surface area contributed by atoms with Crippen molar-refractivity contribution in [2.45, 2.75) is 13.0 Å².